The summed E-state index contributed by atoms with van der Waals surface area (Å²) in [5.41, 5.74) is 0. The Morgan fingerprint density at radius 2 is 1.07 bits per heavy atom. The molecule has 2 amide bonds. The molecule has 0 radical (unpaired) electrons. The lowest BCUT2D eigenvalue weighted by atomic mass is 9.70. The van der Waals surface area contributed by atoms with Crippen molar-refractivity contribution in [1.82, 2.24) is 10.6 Å². The van der Waals surface area contributed by atoms with E-state index in [0.29, 0.717) is 23.7 Å². The standard InChI is InChI=1S/C23H38N2O4/c1-14-9-18(5-7-20(14)24-22(28)11-16(3)26)13-19-6-8-21(15(2)10-19)25-23(29)12-17(4)27/h14-15,18-21H,5-13H2,1-4H3,(H,24,28)(H,25,29)/t14-,15+,18-,19-,20+,21+/m1/s1. The largest absolute Gasteiger partial charge is 0.353 e. The van der Waals surface area contributed by atoms with Gasteiger partial charge in [0.1, 0.15) is 11.6 Å². The summed E-state index contributed by atoms with van der Waals surface area (Å²) < 4.78 is 0. The number of carbonyl (C=O) groups excluding carboxylic acids is 4. The molecule has 0 aromatic carbocycles. The van der Waals surface area contributed by atoms with E-state index >= 15 is 0 Å². The summed E-state index contributed by atoms with van der Waals surface area (Å²) in [5, 5.41) is 6.09. The average Bonchev–Trinajstić information content (AvgIpc) is 2.58. The van der Waals surface area contributed by atoms with Gasteiger partial charge in [-0.1, -0.05) is 13.8 Å². The monoisotopic (exact) mass is 406 g/mol. The maximum atomic E-state index is 11.9. The fourth-order valence-electron chi connectivity index (χ4n) is 5.31. The Hall–Kier alpha value is -1.72. The van der Waals surface area contributed by atoms with Gasteiger partial charge in [0.25, 0.3) is 0 Å². The SMILES string of the molecule is CC(=O)CC(=O)N[C@H]1CC[C@@H](C[C@@H]2CC[C@H](NC(=O)CC(C)=O)[C@@H](C)C2)C[C@H]1C. The summed E-state index contributed by atoms with van der Waals surface area (Å²) in [7, 11) is 0. The van der Waals surface area contributed by atoms with Crippen LogP contribution in [-0.4, -0.2) is 35.5 Å². The number of hydrogen-bond acceptors (Lipinski definition) is 4. The van der Waals surface area contributed by atoms with Gasteiger partial charge in [-0.05, 0) is 82.5 Å². The number of hydrogen-bond donors (Lipinski definition) is 2. The van der Waals surface area contributed by atoms with E-state index in [2.05, 4.69) is 24.5 Å². The predicted molar refractivity (Wildman–Crippen MR) is 112 cm³/mol. The lowest BCUT2D eigenvalue weighted by Crippen LogP contribution is -2.44. The predicted octanol–water partition coefficient (Wildman–Crippen LogP) is 3.18. The van der Waals surface area contributed by atoms with E-state index in [1.54, 1.807) is 0 Å². The maximum absolute atomic E-state index is 11.9. The second kappa shape index (κ2) is 10.9. The normalized spacial score (nSPS) is 32.3. The van der Waals surface area contributed by atoms with Crippen LogP contribution in [0, 0.1) is 23.7 Å². The van der Waals surface area contributed by atoms with Gasteiger partial charge in [-0.2, -0.15) is 0 Å². The molecule has 6 nitrogen and oxygen atoms in total. The molecule has 2 aliphatic carbocycles. The van der Waals surface area contributed by atoms with Crippen molar-refractivity contribution in [3.8, 4) is 0 Å². The number of carbonyl (C=O) groups is 4. The average molecular weight is 407 g/mol. The number of Topliss-reactive ketones (excluding diaryl/α,β-unsaturated/α-hetero) is 2. The topological polar surface area (TPSA) is 92.3 Å². The van der Waals surface area contributed by atoms with Crippen LogP contribution in [0.5, 0.6) is 0 Å². The minimum atomic E-state index is -0.147. The van der Waals surface area contributed by atoms with Gasteiger partial charge in [-0.15, -0.1) is 0 Å². The van der Waals surface area contributed by atoms with Crippen molar-refractivity contribution in [2.24, 2.45) is 23.7 Å². The van der Waals surface area contributed by atoms with E-state index in [1.807, 2.05) is 0 Å². The number of rotatable bonds is 8. The van der Waals surface area contributed by atoms with Gasteiger partial charge in [0.15, 0.2) is 0 Å². The van der Waals surface area contributed by atoms with Crippen molar-refractivity contribution in [3.05, 3.63) is 0 Å². The summed E-state index contributed by atoms with van der Waals surface area (Å²) >= 11 is 0. The van der Waals surface area contributed by atoms with E-state index in [0.717, 1.165) is 38.5 Å². The lowest BCUT2D eigenvalue weighted by molar-refractivity contribution is -0.129. The zero-order valence-electron chi connectivity index (χ0n) is 18.5. The molecule has 0 aliphatic heterocycles. The summed E-state index contributed by atoms with van der Waals surface area (Å²) in [6.07, 6.45) is 7.65. The quantitative estimate of drug-likeness (QED) is 0.606. The summed E-state index contributed by atoms with van der Waals surface area (Å²) in [6.45, 7) is 7.30. The first-order chi connectivity index (χ1) is 13.6. The van der Waals surface area contributed by atoms with Crippen molar-refractivity contribution in [3.63, 3.8) is 0 Å². The Bertz CT molecular complexity index is 566. The highest BCUT2D eigenvalue weighted by atomic mass is 16.2. The van der Waals surface area contributed by atoms with Gasteiger partial charge in [-0.25, -0.2) is 0 Å². The first-order valence-corrected chi connectivity index (χ1v) is 11.2. The molecule has 29 heavy (non-hydrogen) atoms. The molecule has 0 saturated heterocycles. The van der Waals surface area contributed by atoms with Gasteiger partial charge in [0.05, 0.1) is 12.8 Å². The van der Waals surface area contributed by atoms with E-state index in [9.17, 15) is 19.2 Å². The van der Waals surface area contributed by atoms with Gasteiger partial charge in [-0.3, -0.25) is 19.2 Å². The fraction of sp³-hybridized carbons (Fsp3) is 0.826. The van der Waals surface area contributed by atoms with E-state index in [-0.39, 0.29) is 48.3 Å². The molecule has 6 atom stereocenters. The summed E-state index contributed by atoms with van der Waals surface area (Å²) in [4.78, 5) is 46.0. The van der Waals surface area contributed by atoms with Crippen LogP contribution in [0.1, 0.15) is 85.5 Å². The highest BCUT2D eigenvalue weighted by Gasteiger charge is 2.33. The van der Waals surface area contributed by atoms with Gasteiger partial charge < -0.3 is 10.6 Å². The molecule has 0 spiro atoms. The van der Waals surface area contributed by atoms with E-state index in [1.165, 1.54) is 20.3 Å². The first-order valence-electron chi connectivity index (χ1n) is 11.2. The van der Waals surface area contributed by atoms with E-state index in [4.69, 9.17) is 0 Å². The smallest absolute Gasteiger partial charge is 0.227 e. The molecule has 0 bridgehead atoms. The van der Waals surface area contributed by atoms with Crippen LogP contribution in [0.3, 0.4) is 0 Å². The molecular formula is C23H38N2O4. The minimum absolute atomic E-state index is 0.0171. The number of amides is 2. The third-order valence-corrected chi connectivity index (χ3v) is 6.73. The molecule has 2 saturated carbocycles. The zero-order valence-corrected chi connectivity index (χ0v) is 18.5. The van der Waals surface area contributed by atoms with Gasteiger partial charge in [0, 0.05) is 12.1 Å². The molecule has 164 valence electrons. The molecule has 0 heterocycles. The van der Waals surface area contributed by atoms with Crippen molar-refractivity contribution in [2.45, 2.75) is 97.6 Å². The third kappa shape index (κ3) is 7.90. The minimum Gasteiger partial charge on any atom is -0.353 e. The van der Waals surface area contributed by atoms with Crippen LogP contribution in [0.4, 0.5) is 0 Å². The fourth-order valence-corrected chi connectivity index (χ4v) is 5.31. The molecule has 2 N–H and O–H groups in total. The van der Waals surface area contributed by atoms with Crippen LogP contribution in [0.2, 0.25) is 0 Å². The van der Waals surface area contributed by atoms with Crippen LogP contribution in [-0.2, 0) is 19.2 Å². The molecule has 0 unspecified atom stereocenters. The highest BCUT2D eigenvalue weighted by molar-refractivity contribution is 5.97. The highest BCUT2D eigenvalue weighted by Crippen LogP contribution is 2.39. The lowest BCUT2D eigenvalue weighted by Gasteiger charge is -2.39. The Balaban J connectivity index is 1.74. The summed E-state index contributed by atoms with van der Waals surface area (Å²) in [6, 6.07) is 0.369. The molecule has 2 aliphatic rings. The van der Waals surface area contributed by atoms with Crippen LogP contribution >= 0.6 is 0 Å². The Kier molecular flexibility index (Phi) is 8.84. The van der Waals surface area contributed by atoms with Crippen molar-refractivity contribution in [1.29, 1.82) is 0 Å². The molecule has 6 heteroatoms. The Labute approximate surface area is 175 Å². The van der Waals surface area contributed by atoms with Crippen molar-refractivity contribution >= 4 is 23.4 Å². The van der Waals surface area contributed by atoms with Crippen molar-refractivity contribution < 1.29 is 19.2 Å². The molecule has 2 fully saturated rings. The molecular weight excluding hydrogens is 368 g/mol. The van der Waals surface area contributed by atoms with Gasteiger partial charge in [0.2, 0.25) is 11.8 Å². The Morgan fingerprint density at radius 1 is 0.690 bits per heavy atom. The number of ketones is 2. The molecule has 0 aromatic rings. The van der Waals surface area contributed by atoms with E-state index < -0.39 is 0 Å². The van der Waals surface area contributed by atoms with Crippen molar-refractivity contribution in [2.75, 3.05) is 0 Å². The van der Waals surface area contributed by atoms with Gasteiger partial charge >= 0.3 is 0 Å². The maximum Gasteiger partial charge on any atom is 0.227 e. The second-order valence-corrected chi connectivity index (χ2v) is 9.65. The third-order valence-electron chi connectivity index (χ3n) is 6.73. The number of nitrogens with one attached hydrogen (secondary N) is 2. The van der Waals surface area contributed by atoms with Crippen LogP contribution in [0.25, 0.3) is 0 Å². The van der Waals surface area contributed by atoms with Crippen LogP contribution in [0.15, 0.2) is 0 Å². The zero-order chi connectivity index (χ0) is 21.6. The van der Waals surface area contributed by atoms with Crippen LogP contribution < -0.4 is 10.6 Å². The Morgan fingerprint density at radius 3 is 1.38 bits per heavy atom. The summed E-state index contributed by atoms with van der Waals surface area (Å²) in [5.74, 6) is 1.77. The molecule has 2 rings (SSSR count). The molecule has 0 aromatic heterocycles. The second-order valence-electron chi connectivity index (χ2n) is 9.65. The first kappa shape index (κ1) is 23.6.